The molecule has 3 unspecified atom stereocenters. The molecule has 1 aliphatic rings. The molecule has 1 aliphatic carbocycles. The van der Waals surface area contributed by atoms with Gasteiger partial charge < -0.3 is 5.11 Å². The number of hydrogen-bond acceptors (Lipinski definition) is 1. The van der Waals surface area contributed by atoms with Crippen molar-refractivity contribution in [2.75, 3.05) is 0 Å². The molecule has 0 heterocycles. The first kappa shape index (κ1) is 13.1. The monoisotopic (exact) mass is 296 g/mol. The summed E-state index contributed by atoms with van der Waals surface area (Å²) in [7, 11) is 0. The summed E-state index contributed by atoms with van der Waals surface area (Å²) in [6.45, 7) is 4.37. The minimum absolute atomic E-state index is 0.297. The van der Waals surface area contributed by atoms with Gasteiger partial charge in [-0.25, -0.2) is 0 Å². The molecule has 1 aromatic rings. The molecule has 1 saturated carbocycles. The first-order valence-electron chi connectivity index (χ1n) is 6.52. The SMILES string of the molecule is Cc1ccc(C(O)C2CCCC(C)C2)cc1Br. The van der Waals surface area contributed by atoms with E-state index >= 15 is 0 Å². The van der Waals surface area contributed by atoms with Crippen molar-refractivity contribution in [3.05, 3.63) is 33.8 Å². The van der Waals surface area contributed by atoms with E-state index in [1.54, 1.807) is 0 Å². The van der Waals surface area contributed by atoms with Crippen molar-refractivity contribution in [1.82, 2.24) is 0 Å². The molecule has 0 radical (unpaired) electrons. The van der Waals surface area contributed by atoms with E-state index in [-0.39, 0.29) is 6.10 Å². The van der Waals surface area contributed by atoms with E-state index in [2.05, 4.69) is 48.0 Å². The summed E-state index contributed by atoms with van der Waals surface area (Å²) in [6, 6.07) is 6.21. The van der Waals surface area contributed by atoms with Gasteiger partial charge in [-0.2, -0.15) is 0 Å². The van der Waals surface area contributed by atoms with E-state index in [1.165, 1.54) is 18.4 Å². The van der Waals surface area contributed by atoms with Crippen molar-refractivity contribution in [3.8, 4) is 0 Å². The molecule has 0 saturated heterocycles. The van der Waals surface area contributed by atoms with Gasteiger partial charge in [0.2, 0.25) is 0 Å². The van der Waals surface area contributed by atoms with Gasteiger partial charge in [0.1, 0.15) is 0 Å². The number of aliphatic hydroxyl groups excluding tert-OH is 1. The zero-order valence-electron chi connectivity index (χ0n) is 10.6. The van der Waals surface area contributed by atoms with Gasteiger partial charge in [-0.1, -0.05) is 47.8 Å². The van der Waals surface area contributed by atoms with Crippen LogP contribution in [0.1, 0.15) is 49.8 Å². The molecule has 94 valence electrons. The molecule has 1 N–H and O–H groups in total. The molecular weight excluding hydrogens is 276 g/mol. The molecule has 2 rings (SSSR count). The van der Waals surface area contributed by atoms with Crippen molar-refractivity contribution in [2.24, 2.45) is 11.8 Å². The number of rotatable bonds is 2. The fraction of sp³-hybridized carbons (Fsp3) is 0.600. The van der Waals surface area contributed by atoms with Crippen LogP contribution in [0.25, 0.3) is 0 Å². The van der Waals surface area contributed by atoms with E-state index in [9.17, 15) is 5.11 Å². The first-order valence-corrected chi connectivity index (χ1v) is 7.31. The lowest BCUT2D eigenvalue weighted by molar-refractivity contribution is 0.0713. The Bertz CT molecular complexity index is 389. The summed E-state index contributed by atoms with van der Waals surface area (Å²) in [5.74, 6) is 1.20. The summed E-state index contributed by atoms with van der Waals surface area (Å²) >= 11 is 3.54. The molecule has 0 amide bonds. The summed E-state index contributed by atoms with van der Waals surface area (Å²) in [6.07, 6.45) is 4.61. The highest BCUT2D eigenvalue weighted by Gasteiger charge is 2.26. The lowest BCUT2D eigenvalue weighted by Crippen LogP contribution is -2.20. The maximum absolute atomic E-state index is 10.5. The molecule has 1 aromatic carbocycles. The summed E-state index contributed by atoms with van der Waals surface area (Å²) in [4.78, 5) is 0. The topological polar surface area (TPSA) is 20.2 Å². The van der Waals surface area contributed by atoms with Crippen LogP contribution in [-0.2, 0) is 0 Å². The largest absolute Gasteiger partial charge is 0.388 e. The van der Waals surface area contributed by atoms with Gasteiger partial charge >= 0.3 is 0 Å². The zero-order valence-corrected chi connectivity index (χ0v) is 12.2. The minimum atomic E-state index is -0.297. The van der Waals surface area contributed by atoms with Gasteiger partial charge in [-0.15, -0.1) is 0 Å². The molecule has 0 spiro atoms. The Morgan fingerprint density at radius 3 is 2.76 bits per heavy atom. The summed E-state index contributed by atoms with van der Waals surface area (Å²) < 4.78 is 1.10. The van der Waals surface area contributed by atoms with E-state index in [0.717, 1.165) is 28.8 Å². The number of aryl methyl sites for hydroxylation is 1. The Morgan fingerprint density at radius 2 is 2.12 bits per heavy atom. The molecule has 1 fully saturated rings. The molecule has 3 atom stereocenters. The number of benzene rings is 1. The molecule has 0 bridgehead atoms. The highest BCUT2D eigenvalue weighted by Crippen LogP contribution is 2.37. The van der Waals surface area contributed by atoms with Crippen molar-refractivity contribution in [1.29, 1.82) is 0 Å². The number of aliphatic hydroxyl groups is 1. The van der Waals surface area contributed by atoms with Crippen molar-refractivity contribution in [3.63, 3.8) is 0 Å². The lowest BCUT2D eigenvalue weighted by atomic mass is 9.78. The Labute approximate surface area is 112 Å². The van der Waals surface area contributed by atoms with Crippen LogP contribution in [0.4, 0.5) is 0 Å². The molecule has 0 aromatic heterocycles. The van der Waals surface area contributed by atoms with Crippen LogP contribution in [0, 0.1) is 18.8 Å². The second kappa shape index (κ2) is 5.53. The van der Waals surface area contributed by atoms with E-state index < -0.39 is 0 Å². The van der Waals surface area contributed by atoms with Crippen LogP contribution in [0.2, 0.25) is 0 Å². The number of hydrogen-bond donors (Lipinski definition) is 1. The van der Waals surface area contributed by atoms with E-state index in [0.29, 0.717) is 5.92 Å². The third kappa shape index (κ3) is 3.11. The minimum Gasteiger partial charge on any atom is -0.388 e. The van der Waals surface area contributed by atoms with Crippen LogP contribution in [0.15, 0.2) is 22.7 Å². The van der Waals surface area contributed by atoms with Gasteiger partial charge in [0, 0.05) is 4.47 Å². The van der Waals surface area contributed by atoms with Crippen molar-refractivity contribution >= 4 is 15.9 Å². The highest BCUT2D eigenvalue weighted by atomic mass is 79.9. The maximum Gasteiger partial charge on any atom is 0.0818 e. The summed E-state index contributed by atoms with van der Waals surface area (Å²) in [5, 5.41) is 10.5. The smallest absolute Gasteiger partial charge is 0.0818 e. The third-order valence-corrected chi connectivity index (χ3v) is 4.82. The lowest BCUT2D eigenvalue weighted by Gasteiger charge is -2.30. The second-order valence-electron chi connectivity index (χ2n) is 5.49. The summed E-state index contributed by atoms with van der Waals surface area (Å²) in [5.41, 5.74) is 2.28. The van der Waals surface area contributed by atoms with Crippen LogP contribution in [0.5, 0.6) is 0 Å². The van der Waals surface area contributed by atoms with Crippen LogP contribution in [-0.4, -0.2) is 5.11 Å². The van der Waals surface area contributed by atoms with Gasteiger partial charge in [0.25, 0.3) is 0 Å². The fourth-order valence-electron chi connectivity index (χ4n) is 2.83. The molecular formula is C15H21BrO. The normalized spacial score (nSPS) is 26.8. The predicted molar refractivity (Wildman–Crippen MR) is 75.0 cm³/mol. The maximum atomic E-state index is 10.5. The standard InChI is InChI=1S/C15H21BrO/c1-10-4-3-5-12(8-10)15(17)13-7-6-11(2)14(16)9-13/h6-7,9-10,12,15,17H,3-5,8H2,1-2H3. The van der Waals surface area contributed by atoms with Crippen LogP contribution >= 0.6 is 15.9 Å². The number of halogens is 1. The average molecular weight is 297 g/mol. The molecule has 2 heteroatoms. The van der Waals surface area contributed by atoms with Gasteiger partial charge in [0.15, 0.2) is 0 Å². The quantitative estimate of drug-likeness (QED) is 0.844. The highest BCUT2D eigenvalue weighted by molar-refractivity contribution is 9.10. The molecule has 1 nitrogen and oxygen atoms in total. The van der Waals surface area contributed by atoms with Crippen LogP contribution < -0.4 is 0 Å². The van der Waals surface area contributed by atoms with E-state index in [1.807, 2.05) is 0 Å². The van der Waals surface area contributed by atoms with Gasteiger partial charge in [-0.05, 0) is 48.8 Å². The molecule has 17 heavy (non-hydrogen) atoms. The average Bonchev–Trinajstić information content (AvgIpc) is 2.32. The third-order valence-electron chi connectivity index (χ3n) is 3.96. The zero-order chi connectivity index (χ0) is 12.4. The van der Waals surface area contributed by atoms with Crippen LogP contribution in [0.3, 0.4) is 0 Å². The fourth-order valence-corrected chi connectivity index (χ4v) is 3.23. The van der Waals surface area contributed by atoms with Crippen molar-refractivity contribution in [2.45, 2.75) is 45.6 Å². The first-order chi connectivity index (χ1) is 8.08. The van der Waals surface area contributed by atoms with Crippen molar-refractivity contribution < 1.29 is 5.11 Å². The Morgan fingerprint density at radius 1 is 1.35 bits per heavy atom. The predicted octanol–water partition coefficient (Wildman–Crippen LogP) is 4.62. The Balaban J connectivity index is 2.12. The second-order valence-corrected chi connectivity index (χ2v) is 6.34. The Hall–Kier alpha value is -0.340. The Kier molecular flexibility index (Phi) is 4.26. The molecule has 0 aliphatic heterocycles. The van der Waals surface area contributed by atoms with Gasteiger partial charge in [-0.3, -0.25) is 0 Å². The van der Waals surface area contributed by atoms with Gasteiger partial charge in [0.05, 0.1) is 6.10 Å². The van der Waals surface area contributed by atoms with E-state index in [4.69, 9.17) is 0 Å².